The summed E-state index contributed by atoms with van der Waals surface area (Å²) in [5, 5.41) is 17.7. The Bertz CT molecular complexity index is 696. The topological polar surface area (TPSA) is 142 Å². The van der Waals surface area contributed by atoms with E-state index in [1.807, 2.05) is 0 Å². The maximum atomic E-state index is 11.7. The van der Waals surface area contributed by atoms with Crippen molar-refractivity contribution in [3.05, 3.63) is 40.0 Å². The lowest BCUT2D eigenvalue weighted by atomic mass is 10.1. The molecule has 0 atom stereocenters. The molecule has 0 saturated carbocycles. The largest absolute Gasteiger partial charge is 0.478 e. The van der Waals surface area contributed by atoms with Gasteiger partial charge in [0.05, 0.1) is 6.61 Å². The SMILES string of the molecule is CC(=O)Oc1ccc(OC(=O)CCCO[N+](=O)[O-])c(C=CC(=O)O)c1. The van der Waals surface area contributed by atoms with E-state index in [0.717, 1.165) is 6.08 Å². The van der Waals surface area contributed by atoms with Crippen molar-refractivity contribution in [3.8, 4) is 11.5 Å². The molecule has 0 heterocycles. The van der Waals surface area contributed by atoms with Crippen molar-refractivity contribution in [1.29, 1.82) is 0 Å². The third kappa shape index (κ3) is 8.11. The highest BCUT2D eigenvalue weighted by Crippen LogP contribution is 2.26. The normalized spacial score (nSPS) is 10.3. The zero-order chi connectivity index (χ0) is 18.8. The van der Waals surface area contributed by atoms with E-state index >= 15 is 0 Å². The summed E-state index contributed by atoms with van der Waals surface area (Å²) in [5.41, 5.74) is 0.205. The van der Waals surface area contributed by atoms with Crippen LogP contribution in [0.25, 0.3) is 6.08 Å². The number of carboxylic acid groups (broad SMARTS) is 1. The number of benzene rings is 1. The molecule has 1 aromatic carbocycles. The summed E-state index contributed by atoms with van der Waals surface area (Å²) < 4.78 is 9.98. The molecule has 10 heteroatoms. The van der Waals surface area contributed by atoms with E-state index in [2.05, 4.69) is 4.84 Å². The lowest BCUT2D eigenvalue weighted by molar-refractivity contribution is -0.757. The van der Waals surface area contributed by atoms with Crippen molar-refractivity contribution in [2.45, 2.75) is 19.8 Å². The average Bonchev–Trinajstić information content (AvgIpc) is 2.50. The number of nitrogens with zero attached hydrogens (tertiary/aromatic N) is 1. The number of aliphatic carboxylic acids is 1. The molecule has 0 amide bonds. The molecule has 25 heavy (non-hydrogen) atoms. The molecule has 134 valence electrons. The Morgan fingerprint density at radius 1 is 1.28 bits per heavy atom. The fraction of sp³-hybridized carbons (Fsp3) is 0.267. The number of carboxylic acids is 1. The number of carbonyl (C=O) groups excluding carboxylic acids is 2. The quantitative estimate of drug-likeness (QED) is 0.175. The maximum absolute atomic E-state index is 11.7. The molecule has 1 aromatic rings. The second-order valence-corrected chi connectivity index (χ2v) is 4.60. The van der Waals surface area contributed by atoms with E-state index < -0.39 is 23.0 Å². The van der Waals surface area contributed by atoms with Crippen molar-refractivity contribution in [3.63, 3.8) is 0 Å². The fourth-order valence-corrected chi connectivity index (χ4v) is 1.67. The van der Waals surface area contributed by atoms with Gasteiger partial charge in [0.15, 0.2) is 0 Å². The Hall–Kier alpha value is -3.43. The Kier molecular flexibility index (Phi) is 7.57. The third-order valence-electron chi connectivity index (χ3n) is 2.59. The highest BCUT2D eigenvalue weighted by Gasteiger charge is 2.11. The van der Waals surface area contributed by atoms with Gasteiger partial charge >= 0.3 is 17.9 Å². The van der Waals surface area contributed by atoms with E-state index in [0.29, 0.717) is 0 Å². The smallest absolute Gasteiger partial charge is 0.328 e. The Morgan fingerprint density at radius 2 is 2.00 bits per heavy atom. The van der Waals surface area contributed by atoms with Gasteiger partial charge in [-0.3, -0.25) is 9.59 Å². The zero-order valence-corrected chi connectivity index (χ0v) is 13.2. The number of rotatable bonds is 9. The predicted octanol–water partition coefficient (Wildman–Crippen LogP) is 1.60. The van der Waals surface area contributed by atoms with Crippen LogP contribution in [0.1, 0.15) is 25.3 Å². The van der Waals surface area contributed by atoms with Gasteiger partial charge in [-0.25, -0.2) is 4.79 Å². The van der Waals surface area contributed by atoms with Gasteiger partial charge in [0.1, 0.15) is 11.5 Å². The van der Waals surface area contributed by atoms with Gasteiger partial charge < -0.3 is 19.4 Å². The number of esters is 2. The van der Waals surface area contributed by atoms with Crippen LogP contribution in [-0.4, -0.2) is 34.7 Å². The highest BCUT2D eigenvalue weighted by atomic mass is 16.9. The third-order valence-corrected chi connectivity index (χ3v) is 2.59. The van der Waals surface area contributed by atoms with Crippen LogP contribution in [0.15, 0.2) is 24.3 Å². The van der Waals surface area contributed by atoms with Crippen molar-refractivity contribution in [2.24, 2.45) is 0 Å². The second kappa shape index (κ2) is 9.65. The maximum Gasteiger partial charge on any atom is 0.328 e. The molecule has 0 saturated heterocycles. The standard InChI is InChI=1S/C15H15NO9/c1-10(17)24-12-5-6-13(11(9-12)4-7-14(18)19)25-15(20)3-2-8-23-16(21)22/h4-7,9H,2-3,8H2,1H3,(H,18,19). The molecule has 0 fully saturated rings. The summed E-state index contributed by atoms with van der Waals surface area (Å²) >= 11 is 0. The van der Waals surface area contributed by atoms with E-state index in [1.165, 1.54) is 31.2 Å². The summed E-state index contributed by atoms with van der Waals surface area (Å²) in [6.45, 7) is 0.951. The highest BCUT2D eigenvalue weighted by molar-refractivity contribution is 5.86. The van der Waals surface area contributed by atoms with Crippen LogP contribution < -0.4 is 9.47 Å². The molecule has 0 spiro atoms. The van der Waals surface area contributed by atoms with Crippen molar-refractivity contribution in [1.82, 2.24) is 0 Å². The van der Waals surface area contributed by atoms with Gasteiger partial charge in [-0.1, -0.05) is 0 Å². The molecule has 1 N–H and O–H groups in total. The van der Waals surface area contributed by atoms with Crippen molar-refractivity contribution >= 4 is 24.0 Å². The Labute approximate surface area is 141 Å². The van der Waals surface area contributed by atoms with Gasteiger partial charge in [0.25, 0.3) is 5.09 Å². The van der Waals surface area contributed by atoms with Gasteiger partial charge in [-0.15, -0.1) is 10.1 Å². The molecule has 0 unspecified atom stereocenters. The number of hydrogen-bond donors (Lipinski definition) is 1. The molecular weight excluding hydrogens is 338 g/mol. The van der Waals surface area contributed by atoms with Gasteiger partial charge in [0.2, 0.25) is 0 Å². The molecule has 0 aliphatic carbocycles. The van der Waals surface area contributed by atoms with Crippen LogP contribution in [0.5, 0.6) is 11.5 Å². The second-order valence-electron chi connectivity index (χ2n) is 4.60. The lowest BCUT2D eigenvalue weighted by Crippen LogP contribution is -2.11. The lowest BCUT2D eigenvalue weighted by Gasteiger charge is -2.09. The van der Waals surface area contributed by atoms with Gasteiger partial charge in [-0.05, 0) is 30.7 Å². The van der Waals surface area contributed by atoms with E-state index in [9.17, 15) is 24.5 Å². The van der Waals surface area contributed by atoms with Crippen molar-refractivity contribution < 1.29 is 38.9 Å². The average molecular weight is 353 g/mol. The summed E-state index contributed by atoms with van der Waals surface area (Å²) in [5.74, 6) is -2.27. The Morgan fingerprint density at radius 3 is 2.60 bits per heavy atom. The summed E-state index contributed by atoms with van der Waals surface area (Å²) in [6.07, 6.45) is 1.94. The molecule has 10 nitrogen and oxygen atoms in total. The fourth-order valence-electron chi connectivity index (χ4n) is 1.67. The number of ether oxygens (including phenoxy) is 2. The van der Waals surface area contributed by atoms with Crippen LogP contribution in [-0.2, 0) is 19.2 Å². The van der Waals surface area contributed by atoms with Crippen molar-refractivity contribution in [2.75, 3.05) is 6.61 Å². The number of hydrogen-bond acceptors (Lipinski definition) is 8. The van der Waals surface area contributed by atoms with Crippen LogP contribution in [0.4, 0.5) is 0 Å². The van der Waals surface area contributed by atoms with E-state index in [1.54, 1.807) is 0 Å². The van der Waals surface area contributed by atoms with Crippen LogP contribution in [0.2, 0.25) is 0 Å². The summed E-state index contributed by atoms with van der Waals surface area (Å²) in [7, 11) is 0. The first-order valence-electron chi connectivity index (χ1n) is 6.99. The Balaban J connectivity index is 2.82. The zero-order valence-electron chi connectivity index (χ0n) is 13.2. The monoisotopic (exact) mass is 353 g/mol. The molecule has 0 aromatic heterocycles. The molecule has 1 rings (SSSR count). The first kappa shape index (κ1) is 19.6. The van der Waals surface area contributed by atoms with Gasteiger partial charge in [0, 0.05) is 25.0 Å². The van der Waals surface area contributed by atoms with Crippen LogP contribution in [0, 0.1) is 10.1 Å². The minimum atomic E-state index is -1.22. The minimum absolute atomic E-state index is 0.0496. The molecule has 0 aliphatic heterocycles. The van der Waals surface area contributed by atoms with Crippen LogP contribution >= 0.6 is 0 Å². The molecule has 0 bridgehead atoms. The van der Waals surface area contributed by atoms with Crippen LogP contribution in [0.3, 0.4) is 0 Å². The molecule has 0 radical (unpaired) electrons. The van der Waals surface area contributed by atoms with Gasteiger partial charge in [-0.2, -0.15) is 0 Å². The van der Waals surface area contributed by atoms with E-state index in [-0.39, 0.29) is 36.5 Å². The minimum Gasteiger partial charge on any atom is -0.478 e. The first-order chi connectivity index (χ1) is 11.8. The molecule has 0 aliphatic rings. The van der Waals surface area contributed by atoms with E-state index in [4.69, 9.17) is 14.6 Å². The summed E-state index contributed by atoms with van der Waals surface area (Å²) in [6, 6.07) is 4.04. The predicted molar refractivity (Wildman–Crippen MR) is 82.2 cm³/mol. The molecular formula is C15H15NO9. The summed E-state index contributed by atoms with van der Waals surface area (Å²) in [4.78, 5) is 47.4. The first-order valence-corrected chi connectivity index (χ1v) is 6.99. The number of carbonyl (C=O) groups is 3.